The molecular weight excluding hydrogens is 330 g/mol. The molecule has 0 amide bonds. The molecule has 21 heavy (non-hydrogen) atoms. The van der Waals surface area contributed by atoms with Crippen molar-refractivity contribution in [2.24, 2.45) is 0 Å². The molecule has 0 N–H and O–H groups in total. The predicted octanol–water partition coefficient (Wildman–Crippen LogP) is 3.22. The molecule has 0 radical (unpaired) electrons. The third-order valence-corrected chi connectivity index (χ3v) is 4.34. The van der Waals surface area contributed by atoms with E-state index >= 15 is 0 Å². The van der Waals surface area contributed by atoms with E-state index in [-0.39, 0.29) is 5.56 Å². The summed E-state index contributed by atoms with van der Waals surface area (Å²) in [5, 5.41) is 1.06. The van der Waals surface area contributed by atoms with Crippen LogP contribution in [0.5, 0.6) is 0 Å². The Bertz CT molecular complexity index is 886. The summed E-state index contributed by atoms with van der Waals surface area (Å²) in [7, 11) is 0. The minimum absolute atomic E-state index is 0.0685. The maximum Gasteiger partial charge on any atom is 0.268 e. The van der Waals surface area contributed by atoms with E-state index in [4.69, 9.17) is 0 Å². The molecule has 4 nitrogen and oxygen atoms in total. The van der Waals surface area contributed by atoms with Crippen molar-refractivity contribution in [3.63, 3.8) is 0 Å². The molecule has 0 aliphatic heterocycles. The Morgan fingerprint density at radius 2 is 2.00 bits per heavy atom. The van der Waals surface area contributed by atoms with Crippen LogP contribution in [0.25, 0.3) is 10.9 Å². The summed E-state index contributed by atoms with van der Waals surface area (Å²) in [5.41, 5.74) is 3.58. The van der Waals surface area contributed by atoms with Crippen molar-refractivity contribution >= 4 is 26.8 Å². The average Bonchev–Trinajstić information content (AvgIpc) is 2.47. The molecule has 3 aromatic rings. The maximum atomic E-state index is 12.3. The topological polar surface area (TPSA) is 47.8 Å². The fraction of sp³-hybridized carbons (Fsp3) is 0.188. The molecule has 0 bridgehead atoms. The number of hydrogen-bond acceptors (Lipinski definition) is 3. The fourth-order valence-electron chi connectivity index (χ4n) is 2.37. The van der Waals surface area contributed by atoms with E-state index < -0.39 is 0 Å². The minimum Gasteiger partial charge on any atom is -0.294 e. The smallest absolute Gasteiger partial charge is 0.268 e. The third kappa shape index (κ3) is 2.61. The lowest BCUT2D eigenvalue weighted by molar-refractivity contribution is 0.727. The normalized spacial score (nSPS) is 11.0. The van der Waals surface area contributed by atoms with Crippen LogP contribution in [0.15, 0.2) is 45.9 Å². The average molecular weight is 344 g/mol. The van der Waals surface area contributed by atoms with Crippen molar-refractivity contribution < 1.29 is 0 Å². The summed E-state index contributed by atoms with van der Waals surface area (Å²) in [6.07, 6.45) is 1.59. The van der Waals surface area contributed by atoms with E-state index in [0.29, 0.717) is 16.7 Å². The van der Waals surface area contributed by atoms with Gasteiger partial charge in [0.05, 0.1) is 24.1 Å². The van der Waals surface area contributed by atoms with Gasteiger partial charge in [-0.25, -0.2) is 4.98 Å². The third-order valence-electron chi connectivity index (χ3n) is 3.43. The molecule has 3 rings (SSSR count). The number of benzene rings is 1. The van der Waals surface area contributed by atoms with E-state index in [0.717, 1.165) is 22.2 Å². The quantitative estimate of drug-likeness (QED) is 0.717. The second-order valence-electron chi connectivity index (χ2n) is 5.02. The Kier molecular flexibility index (Phi) is 3.59. The molecule has 0 fully saturated rings. The molecule has 5 heteroatoms. The lowest BCUT2D eigenvalue weighted by atomic mass is 10.1. The Morgan fingerprint density at radius 3 is 2.81 bits per heavy atom. The highest BCUT2D eigenvalue weighted by Crippen LogP contribution is 2.19. The van der Waals surface area contributed by atoms with E-state index in [1.807, 2.05) is 44.2 Å². The van der Waals surface area contributed by atoms with E-state index in [1.54, 1.807) is 10.9 Å². The first-order valence-electron chi connectivity index (χ1n) is 6.63. The van der Waals surface area contributed by atoms with Gasteiger partial charge in [0.15, 0.2) is 0 Å². The van der Waals surface area contributed by atoms with Crippen molar-refractivity contribution in [1.82, 2.24) is 14.5 Å². The van der Waals surface area contributed by atoms with Gasteiger partial charge in [0.1, 0.15) is 4.47 Å². The number of halogens is 1. The van der Waals surface area contributed by atoms with Crippen LogP contribution in [-0.4, -0.2) is 14.5 Å². The number of nitrogens with zero attached hydrogens (tertiary/aromatic N) is 3. The number of hydrogen-bond donors (Lipinski definition) is 0. The van der Waals surface area contributed by atoms with Crippen molar-refractivity contribution in [2.45, 2.75) is 20.4 Å². The highest BCUT2D eigenvalue weighted by Gasteiger charge is 2.09. The van der Waals surface area contributed by atoms with Gasteiger partial charge < -0.3 is 0 Å². The lowest BCUT2D eigenvalue weighted by Gasteiger charge is -2.10. The second-order valence-corrected chi connectivity index (χ2v) is 5.81. The van der Waals surface area contributed by atoms with Gasteiger partial charge in [-0.3, -0.25) is 14.3 Å². The van der Waals surface area contributed by atoms with Gasteiger partial charge in [0.2, 0.25) is 0 Å². The molecule has 1 aromatic carbocycles. The number of aromatic nitrogens is 3. The summed E-state index contributed by atoms with van der Waals surface area (Å²) >= 11 is 3.30. The number of para-hydroxylation sites is 1. The second kappa shape index (κ2) is 5.41. The Balaban J connectivity index is 2.15. The zero-order valence-corrected chi connectivity index (χ0v) is 13.4. The van der Waals surface area contributed by atoms with Gasteiger partial charge in [0, 0.05) is 11.1 Å². The Hall–Kier alpha value is -2.01. The molecule has 0 aliphatic rings. The Labute approximate surface area is 130 Å². The van der Waals surface area contributed by atoms with Crippen LogP contribution in [0, 0.1) is 13.8 Å². The fourth-order valence-corrected chi connectivity index (χ4v) is 2.70. The summed E-state index contributed by atoms with van der Waals surface area (Å²) in [4.78, 5) is 21.0. The van der Waals surface area contributed by atoms with Crippen LogP contribution in [-0.2, 0) is 6.54 Å². The summed E-state index contributed by atoms with van der Waals surface area (Å²) < 4.78 is 2.12. The molecule has 0 atom stereocenters. The predicted molar refractivity (Wildman–Crippen MR) is 86.5 cm³/mol. The summed E-state index contributed by atoms with van der Waals surface area (Å²) in [6, 6.07) is 9.98. The lowest BCUT2D eigenvalue weighted by Crippen LogP contribution is -2.22. The van der Waals surface area contributed by atoms with Crippen LogP contribution in [0.2, 0.25) is 0 Å². The molecule has 2 heterocycles. The molecule has 2 aromatic heterocycles. The van der Waals surface area contributed by atoms with Crippen LogP contribution in [0.3, 0.4) is 0 Å². The molecule has 0 saturated carbocycles. The highest BCUT2D eigenvalue weighted by atomic mass is 79.9. The van der Waals surface area contributed by atoms with Gasteiger partial charge in [-0.2, -0.15) is 0 Å². The van der Waals surface area contributed by atoms with Crippen molar-refractivity contribution in [3.8, 4) is 0 Å². The first-order chi connectivity index (χ1) is 10.1. The number of fused-ring (bicyclic) bond motifs is 1. The van der Waals surface area contributed by atoms with Crippen LogP contribution in [0.4, 0.5) is 0 Å². The molecule has 0 aliphatic carbocycles. The Morgan fingerprint density at radius 1 is 1.24 bits per heavy atom. The first-order valence-corrected chi connectivity index (χ1v) is 7.42. The molecule has 106 valence electrons. The van der Waals surface area contributed by atoms with E-state index in [9.17, 15) is 4.79 Å². The standard InChI is InChI=1S/C16H14BrN3O/c1-10-7-12(13-5-3-4-6-14(13)19-10)8-20-9-18-11(2)15(17)16(20)21/h3-7,9H,8H2,1-2H3. The largest absolute Gasteiger partial charge is 0.294 e. The van der Waals surface area contributed by atoms with E-state index in [1.165, 1.54) is 0 Å². The number of pyridine rings is 1. The van der Waals surface area contributed by atoms with Gasteiger partial charge in [-0.05, 0) is 47.5 Å². The summed E-state index contributed by atoms with van der Waals surface area (Å²) in [5.74, 6) is 0. The van der Waals surface area contributed by atoms with Crippen molar-refractivity contribution in [2.75, 3.05) is 0 Å². The molecular formula is C16H14BrN3O. The van der Waals surface area contributed by atoms with Gasteiger partial charge in [-0.1, -0.05) is 18.2 Å². The number of aryl methyl sites for hydroxylation is 2. The van der Waals surface area contributed by atoms with Crippen molar-refractivity contribution in [1.29, 1.82) is 0 Å². The molecule has 0 spiro atoms. The highest BCUT2D eigenvalue weighted by molar-refractivity contribution is 9.10. The zero-order valence-electron chi connectivity index (χ0n) is 11.8. The SMILES string of the molecule is Cc1cc(Cn2cnc(C)c(Br)c2=O)c2ccccc2n1. The molecule has 0 unspecified atom stereocenters. The van der Waals surface area contributed by atoms with Gasteiger partial charge >= 0.3 is 0 Å². The minimum atomic E-state index is -0.0685. The van der Waals surface area contributed by atoms with Gasteiger partial charge in [0.25, 0.3) is 5.56 Å². The van der Waals surface area contributed by atoms with Crippen LogP contribution < -0.4 is 5.56 Å². The van der Waals surface area contributed by atoms with Crippen molar-refractivity contribution in [3.05, 3.63) is 68.4 Å². The monoisotopic (exact) mass is 343 g/mol. The maximum absolute atomic E-state index is 12.3. The number of rotatable bonds is 2. The van der Waals surface area contributed by atoms with Crippen LogP contribution >= 0.6 is 15.9 Å². The van der Waals surface area contributed by atoms with E-state index in [2.05, 4.69) is 25.9 Å². The summed E-state index contributed by atoms with van der Waals surface area (Å²) in [6.45, 7) is 4.25. The first kappa shape index (κ1) is 13.9. The van der Waals surface area contributed by atoms with Crippen LogP contribution in [0.1, 0.15) is 17.0 Å². The van der Waals surface area contributed by atoms with Gasteiger partial charge in [-0.15, -0.1) is 0 Å². The molecule has 0 saturated heterocycles. The zero-order chi connectivity index (χ0) is 15.0.